The predicted molar refractivity (Wildman–Crippen MR) is 81.1 cm³/mol. The Balaban J connectivity index is 1.80. The minimum absolute atomic E-state index is 0.0152. The second kappa shape index (κ2) is 7.73. The zero-order valence-electron chi connectivity index (χ0n) is 12.8. The highest BCUT2D eigenvalue weighted by molar-refractivity contribution is 5.30. The van der Waals surface area contributed by atoms with E-state index in [4.69, 9.17) is 4.74 Å². The van der Waals surface area contributed by atoms with Crippen molar-refractivity contribution in [2.24, 2.45) is 0 Å². The molecular weight excluding hydrogens is 271 g/mol. The van der Waals surface area contributed by atoms with Gasteiger partial charge in [0, 0.05) is 19.1 Å². The molecule has 2 unspecified atom stereocenters. The molecule has 1 fully saturated rings. The van der Waals surface area contributed by atoms with Crippen LogP contribution in [0.5, 0.6) is 5.75 Å². The molecule has 2 atom stereocenters. The molecule has 2 rings (SSSR count). The fourth-order valence-corrected chi connectivity index (χ4v) is 2.71. The number of aliphatic hydroxyl groups excluding tert-OH is 1. The molecule has 0 amide bonds. The lowest BCUT2D eigenvalue weighted by Gasteiger charge is -2.22. The van der Waals surface area contributed by atoms with Crippen LogP contribution in [0.1, 0.15) is 31.4 Å². The van der Waals surface area contributed by atoms with Gasteiger partial charge in [0.05, 0.1) is 13.2 Å². The van der Waals surface area contributed by atoms with Gasteiger partial charge < -0.3 is 20.1 Å². The number of nitrogens with one attached hydrogen (secondary N) is 1. The molecule has 21 heavy (non-hydrogen) atoms. The molecule has 5 heteroatoms. The van der Waals surface area contributed by atoms with Crippen molar-refractivity contribution in [3.63, 3.8) is 0 Å². The van der Waals surface area contributed by atoms with Crippen molar-refractivity contribution in [2.75, 3.05) is 33.3 Å². The van der Waals surface area contributed by atoms with Gasteiger partial charge in [0.2, 0.25) is 0 Å². The van der Waals surface area contributed by atoms with E-state index in [-0.39, 0.29) is 17.6 Å². The molecule has 1 aliphatic rings. The van der Waals surface area contributed by atoms with E-state index >= 15 is 0 Å². The molecule has 1 heterocycles. The number of β-amino-alcohol motifs (C(OH)–C–C–N with tert-alkyl or cyclic N) is 1. The Morgan fingerprint density at radius 2 is 2.10 bits per heavy atom. The molecule has 1 saturated heterocycles. The number of likely N-dealkylation sites (tertiary alicyclic amines) is 1. The van der Waals surface area contributed by atoms with Crippen LogP contribution in [0.3, 0.4) is 0 Å². The van der Waals surface area contributed by atoms with E-state index in [1.54, 1.807) is 6.07 Å². The van der Waals surface area contributed by atoms with Gasteiger partial charge in [-0.1, -0.05) is 6.07 Å². The lowest BCUT2D eigenvalue weighted by atomic mass is 10.1. The average molecular weight is 296 g/mol. The number of benzene rings is 1. The van der Waals surface area contributed by atoms with Crippen molar-refractivity contribution in [3.8, 4) is 5.75 Å². The Kier molecular flexibility index (Phi) is 5.96. The van der Waals surface area contributed by atoms with Crippen molar-refractivity contribution in [2.45, 2.75) is 31.9 Å². The number of rotatable bonds is 7. The van der Waals surface area contributed by atoms with E-state index in [9.17, 15) is 9.50 Å². The van der Waals surface area contributed by atoms with Gasteiger partial charge in [-0.15, -0.1) is 0 Å². The number of hydrogen-bond acceptors (Lipinski definition) is 4. The first-order valence-corrected chi connectivity index (χ1v) is 7.57. The summed E-state index contributed by atoms with van der Waals surface area (Å²) >= 11 is 0. The lowest BCUT2D eigenvalue weighted by Crippen LogP contribution is -2.37. The van der Waals surface area contributed by atoms with Gasteiger partial charge in [-0.05, 0) is 50.6 Å². The Labute approximate surface area is 125 Å². The summed E-state index contributed by atoms with van der Waals surface area (Å²) in [5.41, 5.74) is 0.849. The zero-order chi connectivity index (χ0) is 15.2. The second-order valence-corrected chi connectivity index (χ2v) is 5.69. The van der Waals surface area contributed by atoms with Crippen LogP contribution in [-0.2, 0) is 0 Å². The third-order valence-corrected chi connectivity index (χ3v) is 4.00. The Hall–Kier alpha value is -1.17. The maximum Gasteiger partial charge on any atom is 0.165 e. The van der Waals surface area contributed by atoms with Crippen molar-refractivity contribution < 1.29 is 14.2 Å². The highest BCUT2D eigenvalue weighted by Crippen LogP contribution is 2.21. The molecule has 1 aromatic carbocycles. The normalized spacial score (nSPS) is 18.7. The van der Waals surface area contributed by atoms with Crippen LogP contribution < -0.4 is 10.1 Å². The number of ether oxygens (including phenoxy) is 1. The van der Waals surface area contributed by atoms with Crippen LogP contribution in [0, 0.1) is 5.82 Å². The average Bonchev–Trinajstić information content (AvgIpc) is 2.97. The SMILES string of the molecule is COc1ccc(C(C)NCC(O)CN2CCCC2)cc1F. The third kappa shape index (κ3) is 4.66. The van der Waals surface area contributed by atoms with Gasteiger partial charge in [0.1, 0.15) is 0 Å². The third-order valence-electron chi connectivity index (χ3n) is 4.00. The molecule has 4 nitrogen and oxygen atoms in total. The fraction of sp³-hybridized carbons (Fsp3) is 0.625. The van der Waals surface area contributed by atoms with E-state index in [2.05, 4.69) is 10.2 Å². The summed E-state index contributed by atoms with van der Waals surface area (Å²) in [5, 5.41) is 13.3. The highest BCUT2D eigenvalue weighted by atomic mass is 19.1. The number of hydrogen-bond donors (Lipinski definition) is 2. The van der Waals surface area contributed by atoms with Crippen molar-refractivity contribution in [1.29, 1.82) is 0 Å². The minimum Gasteiger partial charge on any atom is -0.494 e. The molecule has 1 aromatic rings. The highest BCUT2D eigenvalue weighted by Gasteiger charge is 2.16. The smallest absolute Gasteiger partial charge is 0.165 e. The summed E-state index contributed by atoms with van der Waals surface area (Å²) in [4.78, 5) is 2.28. The van der Waals surface area contributed by atoms with Crippen molar-refractivity contribution >= 4 is 0 Å². The second-order valence-electron chi connectivity index (χ2n) is 5.69. The molecule has 118 valence electrons. The number of methoxy groups -OCH3 is 1. The summed E-state index contributed by atoms with van der Waals surface area (Å²) in [6.07, 6.45) is 2.05. The molecular formula is C16H25FN2O2. The van der Waals surface area contributed by atoms with Crippen molar-refractivity contribution in [1.82, 2.24) is 10.2 Å². The molecule has 1 aliphatic heterocycles. The van der Waals surface area contributed by atoms with Crippen LogP contribution >= 0.6 is 0 Å². The van der Waals surface area contributed by atoms with Gasteiger partial charge in [-0.3, -0.25) is 0 Å². The van der Waals surface area contributed by atoms with Gasteiger partial charge in [-0.25, -0.2) is 4.39 Å². The summed E-state index contributed by atoms with van der Waals surface area (Å²) in [5.74, 6) is -0.110. The molecule has 0 aromatic heterocycles. The van der Waals surface area contributed by atoms with Crippen molar-refractivity contribution in [3.05, 3.63) is 29.6 Å². The maximum absolute atomic E-state index is 13.7. The van der Waals surface area contributed by atoms with E-state index in [1.807, 2.05) is 13.0 Å². The monoisotopic (exact) mass is 296 g/mol. The topological polar surface area (TPSA) is 44.7 Å². The molecule has 0 radical (unpaired) electrons. The summed E-state index contributed by atoms with van der Waals surface area (Å²) < 4.78 is 18.6. The quantitative estimate of drug-likeness (QED) is 0.807. The molecule has 2 N–H and O–H groups in total. The molecule has 0 spiro atoms. The zero-order valence-corrected chi connectivity index (χ0v) is 12.8. The number of aliphatic hydroxyl groups is 1. The Morgan fingerprint density at radius 3 is 2.71 bits per heavy atom. The van der Waals surface area contributed by atoms with E-state index < -0.39 is 6.10 Å². The first-order chi connectivity index (χ1) is 10.1. The number of nitrogens with zero attached hydrogens (tertiary/aromatic N) is 1. The van der Waals surface area contributed by atoms with Crippen LogP contribution in [0.2, 0.25) is 0 Å². The summed E-state index contributed by atoms with van der Waals surface area (Å²) in [7, 11) is 1.45. The van der Waals surface area contributed by atoms with Crippen LogP contribution in [0.15, 0.2) is 18.2 Å². The van der Waals surface area contributed by atoms with Crippen LogP contribution in [-0.4, -0.2) is 49.4 Å². The standard InChI is InChI=1S/C16H25FN2O2/c1-12(13-5-6-16(21-2)15(17)9-13)18-10-14(20)11-19-7-3-4-8-19/h5-6,9,12,14,18,20H,3-4,7-8,10-11H2,1-2H3. The first-order valence-electron chi connectivity index (χ1n) is 7.57. The molecule has 0 aliphatic carbocycles. The Morgan fingerprint density at radius 1 is 1.38 bits per heavy atom. The number of halogens is 1. The van der Waals surface area contributed by atoms with Gasteiger partial charge in [0.15, 0.2) is 11.6 Å². The first kappa shape index (κ1) is 16.2. The summed E-state index contributed by atoms with van der Waals surface area (Å²) in [6, 6.07) is 4.93. The van der Waals surface area contributed by atoms with E-state index in [0.717, 1.165) is 18.7 Å². The van der Waals surface area contributed by atoms with Gasteiger partial charge >= 0.3 is 0 Å². The van der Waals surface area contributed by atoms with Crippen LogP contribution in [0.25, 0.3) is 0 Å². The van der Waals surface area contributed by atoms with Gasteiger partial charge in [-0.2, -0.15) is 0 Å². The predicted octanol–water partition coefficient (Wildman–Crippen LogP) is 1.94. The summed E-state index contributed by atoms with van der Waals surface area (Å²) in [6.45, 7) is 5.33. The minimum atomic E-state index is -0.395. The molecule has 0 bridgehead atoms. The van der Waals surface area contributed by atoms with E-state index in [1.165, 1.54) is 26.0 Å². The Bertz CT molecular complexity index is 450. The lowest BCUT2D eigenvalue weighted by molar-refractivity contribution is 0.121. The van der Waals surface area contributed by atoms with E-state index in [0.29, 0.717) is 13.1 Å². The molecule has 0 saturated carbocycles. The van der Waals surface area contributed by atoms with Gasteiger partial charge in [0.25, 0.3) is 0 Å². The fourth-order valence-electron chi connectivity index (χ4n) is 2.71. The maximum atomic E-state index is 13.7. The van der Waals surface area contributed by atoms with Crippen LogP contribution in [0.4, 0.5) is 4.39 Å². The largest absolute Gasteiger partial charge is 0.494 e.